The minimum atomic E-state index is -1.66. The number of anilines is 2. The Balaban J connectivity index is 1.79. The van der Waals surface area contributed by atoms with Gasteiger partial charge in [-0.1, -0.05) is 5.16 Å². The molecule has 3 atom stereocenters. The molecule has 0 radical (unpaired) electrons. The molecular formula is C20H22FN5O5. The molecular weight excluding hydrogens is 409 g/mol. The number of ether oxygens (including phenoxy) is 1. The molecule has 31 heavy (non-hydrogen) atoms. The van der Waals surface area contributed by atoms with Crippen LogP contribution in [0.25, 0.3) is 11.0 Å². The summed E-state index contributed by atoms with van der Waals surface area (Å²) in [6, 6.07) is 0.0260. The fraction of sp³-hybridized carbons (Fsp3) is 0.500. The summed E-state index contributed by atoms with van der Waals surface area (Å²) in [5.41, 5.74) is -0.912. The van der Waals surface area contributed by atoms with Crippen LogP contribution in [0.3, 0.4) is 0 Å². The molecule has 1 aromatic carbocycles. The van der Waals surface area contributed by atoms with Crippen molar-refractivity contribution in [2.45, 2.75) is 38.5 Å². The number of nitrogens with one attached hydrogen (secondary N) is 2. The first-order chi connectivity index (χ1) is 14.6. The average molecular weight is 431 g/mol. The highest BCUT2D eigenvalue weighted by molar-refractivity contribution is 6.20. The number of hydrogen-bond donors (Lipinski definition) is 2. The highest BCUT2D eigenvalue weighted by Crippen LogP contribution is 2.49. The zero-order valence-corrected chi connectivity index (χ0v) is 17.5. The van der Waals surface area contributed by atoms with Crippen molar-refractivity contribution in [3.05, 3.63) is 17.4 Å². The zero-order valence-electron chi connectivity index (χ0n) is 17.5. The van der Waals surface area contributed by atoms with Crippen molar-refractivity contribution >= 4 is 40.3 Å². The summed E-state index contributed by atoms with van der Waals surface area (Å²) in [7, 11) is 3.51. The summed E-state index contributed by atoms with van der Waals surface area (Å²) in [6.07, 6.45) is -0.946. The van der Waals surface area contributed by atoms with Crippen LogP contribution in [-0.4, -0.2) is 61.9 Å². The van der Waals surface area contributed by atoms with Crippen molar-refractivity contribution < 1.29 is 28.0 Å². The first-order valence-corrected chi connectivity index (χ1v) is 10.0. The number of halogens is 1. The third-order valence-electron chi connectivity index (χ3n) is 6.37. The molecule has 1 spiro atoms. The maximum absolute atomic E-state index is 15.8. The van der Waals surface area contributed by atoms with Gasteiger partial charge < -0.3 is 19.1 Å². The Morgan fingerprint density at radius 2 is 1.90 bits per heavy atom. The number of imide groups is 2. The van der Waals surface area contributed by atoms with Crippen LogP contribution in [0.1, 0.15) is 19.4 Å². The van der Waals surface area contributed by atoms with Gasteiger partial charge in [0.2, 0.25) is 17.4 Å². The third-order valence-corrected chi connectivity index (χ3v) is 6.37. The number of rotatable bonds is 1. The number of fused-ring (bicyclic) bond motifs is 5. The lowest BCUT2D eigenvalue weighted by atomic mass is 9.66. The number of nitrogens with zero attached hydrogens (tertiary/aromatic N) is 3. The Morgan fingerprint density at radius 3 is 2.55 bits per heavy atom. The number of hydrogen-bond acceptors (Lipinski definition) is 8. The van der Waals surface area contributed by atoms with E-state index < -0.39 is 41.2 Å². The number of amides is 4. The van der Waals surface area contributed by atoms with E-state index >= 15 is 4.39 Å². The molecule has 2 aromatic rings. The Labute approximate surface area is 176 Å². The highest BCUT2D eigenvalue weighted by Gasteiger charge is 2.63. The Bertz CT molecular complexity index is 1120. The SMILES string of the molecule is CC1CN2c3c(cc4c(N(C)C)noc4c3F)CC3(C(=O)NC(=O)NC3=O)C2C(C)O1. The monoisotopic (exact) mass is 431 g/mol. The van der Waals surface area contributed by atoms with Crippen LogP contribution in [0.4, 0.5) is 20.7 Å². The van der Waals surface area contributed by atoms with Crippen molar-refractivity contribution in [3.8, 4) is 0 Å². The first-order valence-electron chi connectivity index (χ1n) is 10.0. The zero-order chi connectivity index (χ0) is 22.2. The predicted octanol–water partition coefficient (Wildman–Crippen LogP) is 0.924. The molecule has 1 aromatic heterocycles. The van der Waals surface area contributed by atoms with Gasteiger partial charge in [-0.25, -0.2) is 9.18 Å². The molecule has 4 heterocycles. The van der Waals surface area contributed by atoms with Crippen molar-refractivity contribution in [1.82, 2.24) is 15.8 Å². The fourth-order valence-electron chi connectivity index (χ4n) is 5.26. The molecule has 2 saturated heterocycles. The van der Waals surface area contributed by atoms with Crippen molar-refractivity contribution in [2.24, 2.45) is 5.41 Å². The number of benzene rings is 1. The lowest BCUT2D eigenvalue weighted by Gasteiger charge is -2.55. The Hall–Kier alpha value is -3.21. The van der Waals surface area contributed by atoms with Crippen LogP contribution in [0.15, 0.2) is 10.6 Å². The van der Waals surface area contributed by atoms with Crippen LogP contribution in [0.2, 0.25) is 0 Å². The van der Waals surface area contributed by atoms with Gasteiger partial charge in [0, 0.05) is 27.1 Å². The van der Waals surface area contributed by atoms with E-state index in [4.69, 9.17) is 9.26 Å². The number of barbiturate groups is 1. The summed E-state index contributed by atoms with van der Waals surface area (Å²) < 4.78 is 27.0. The summed E-state index contributed by atoms with van der Waals surface area (Å²) in [4.78, 5) is 41.5. The molecule has 2 N–H and O–H groups in total. The lowest BCUT2D eigenvalue weighted by molar-refractivity contribution is -0.153. The normalized spacial score (nSPS) is 27.1. The largest absolute Gasteiger partial charge is 0.372 e. The first kappa shape index (κ1) is 19.7. The second-order valence-corrected chi connectivity index (χ2v) is 8.61. The molecule has 3 aliphatic heterocycles. The standard InChI is InChI=1S/C20H22FN5O5/c1-8-7-26-13-10(5-11-14(12(13)21)31-24-16(11)25(3)4)6-20(15(26)9(2)30-8)17(27)22-19(29)23-18(20)28/h5,8-9,15H,6-7H2,1-4H3,(H2,22,23,27,28,29). The second-order valence-electron chi connectivity index (χ2n) is 8.61. The van der Waals surface area contributed by atoms with Crippen LogP contribution < -0.4 is 20.4 Å². The predicted molar refractivity (Wildman–Crippen MR) is 107 cm³/mol. The number of carbonyl (C=O) groups excluding carboxylic acids is 3. The van der Waals surface area contributed by atoms with E-state index in [9.17, 15) is 14.4 Å². The molecule has 164 valence electrons. The van der Waals surface area contributed by atoms with Gasteiger partial charge in [-0.3, -0.25) is 20.2 Å². The Morgan fingerprint density at radius 1 is 1.23 bits per heavy atom. The van der Waals surface area contributed by atoms with Gasteiger partial charge >= 0.3 is 6.03 Å². The number of urea groups is 1. The van der Waals surface area contributed by atoms with Crippen LogP contribution in [0, 0.1) is 11.2 Å². The number of aromatic nitrogens is 1. The maximum atomic E-state index is 15.8. The van der Waals surface area contributed by atoms with E-state index in [1.165, 1.54) is 0 Å². The summed E-state index contributed by atoms with van der Waals surface area (Å²) in [6.45, 7) is 3.84. The van der Waals surface area contributed by atoms with Crippen LogP contribution in [0.5, 0.6) is 0 Å². The summed E-state index contributed by atoms with van der Waals surface area (Å²) in [5, 5.41) is 8.85. The van der Waals surface area contributed by atoms with Crippen LogP contribution >= 0.6 is 0 Å². The fourth-order valence-corrected chi connectivity index (χ4v) is 5.26. The van der Waals surface area contributed by atoms with Gasteiger partial charge in [-0.2, -0.15) is 0 Å². The molecule has 0 bridgehead atoms. The second kappa shape index (κ2) is 6.39. The smallest absolute Gasteiger partial charge is 0.328 e. The summed E-state index contributed by atoms with van der Waals surface area (Å²) >= 11 is 0. The molecule has 5 rings (SSSR count). The van der Waals surface area contributed by atoms with Gasteiger partial charge in [0.1, 0.15) is 0 Å². The van der Waals surface area contributed by atoms with Crippen LogP contribution in [-0.2, 0) is 20.7 Å². The molecule has 10 nitrogen and oxygen atoms in total. The molecule has 0 aliphatic carbocycles. The highest BCUT2D eigenvalue weighted by atomic mass is 19.1. The lowest BCUT2D eigenvalue weighted by Crippen LogP contribution is -2.75. The summed E-state index contributed by atoms with van der Waals surface area (Å²) in [5.74, 6) is -1.60. The van der Waals surface area contributed by atoms with Gasteiger partial charge in [-0.15, -0.1) is 0 Å². The molecule has 2 fully saturated rings. The van der Waals surface area contributed by atoms with Gasteiger partial charge in [0.15, 0.2) is 17.1 Å². The minimum Gasteiger partial charge on any atom is -0.372 e. The molecule has 11 heteroatoms. The van der Waals surface area contributed by atoms with E-state index in [-0.39, 0.29) is 30.3 Å². The quantitative estimate of drug-likeness (QED) is 0.641. The number of morpholine rings is 1. The Kier molecular flexibility index (Phi) is 4.07. The topological polar surface area (TPSA) is 117 Å². The van der Waals surface area contributed by atoms with Gasteiger partial charge in [0.25, 0.3) is 0 Å². The molecule has 3 unspecified atom stereocenters. The third kappa shape index (κ3) is 2.52. The van der Waals surface area contributed by atoms with Crippen molar-refractivity contribution in [1.29, 1.82) is 0 Å². The van der Waals surface area contributed by atoms with E-state index in [1.807, 2.05) is 6.92 Å². The van der Waals surface area contributed by atoms with E-state index in [1.54, 1.807) is 36.9 Å². The molecule has 4 amide bonds. The average Bonchev–Trinajstić information content (AvgIpc) is 3.09. The van der Waals surface area contributed by atoms with Gasteiger partial charge in [-0.05, 0) is 25.5 Å². The minimum absolute atomic E-state index is 0.0108. The van der Waals surface area contributed by atoms with Gasteiger partial charge in [0.05, 0.1) is 29.3 Å². The van der Waals surface area contributed by atoms with E-state index in [0.29, 0.717) is 16.8 Å². The molecule has 3 aliphatic rings. The van der Waals surface area contributed by atoms with Crippen molar-refractivity contribution in [2.75, 3.05) is 30.4 Å². The van der Waals surface area contributed by atoms with E-state index in [2.05, 4.69) is 15.8 Å². The van der Waals surface area contributed by atoms with E-state index in [0.717, 1.165) is 0 Å². The van der Waals surface area contributed by atoms with Crippen molar-refractivity contribution in [3.63, 3.8) is 0 Å². The maximum Gasteiger partial charge on any atom is 0.328 e. The number of carbonyl (C=O) groups is 3. The molecule has 0 saturated carbocycles.